The number of benzene rings is 1. The lowest BCUT2D eigenvalue weighted by Crippen LogP contribution is -2.27. The van der Waals surface area contributed by atoms with Gasteiger partial charge >= 0.3 is 0 Å². The maximum atomic E-state index is 6.02. The first-order chi connectivity index (χ1) is 10.3. The summed E-state index contributed by atoms with van der Waals surface area (Å²) < 4.78 is 16.9. The van der Waals surface area contributed by atoms with E-state index in [-0.39, 0.29) is 6.10 Å². The van der Waals surface area contributed by atoms with Gasteiger partial charge in [0.2, 0.25) is 5.88 Å². The number of ether oxygens (including phenoxy) is 3. The molecule has 0 aliphatic carbocycles. The Morgan fingerprint density at radius 2 is 2.05 bits per heavy atom. The first-order valence-corrected chi connectivity index (χ1v) is 7.18. The quantitative estimate of drug-likeness (QED) is 0.940. The number of aromatic nitrogens is 1. The Labute approximate surface area is 124 Å². The summed E-state index contributed by atoms with van der Waals surface area (Å²) in [6, 6.07) is 5.84. The fourth-order valence-electron chi connectivity index (χ4n) is 2.60. The highest BCUT2D eigenvalue weighted by molar-refractivity contribution is 5.91. The summed E-state index contributed by atoms with van der Waals surface area (Å²) in [5.74, 6) is 2.20. The van der Waals surface area contributed by atoms with Crippen LogP contribution in [0.15, 0.2) is 18.2 Å². The van der Waals surface area contributed by atoms with Crippen molar-refractivity contribution in [1.82, 2.24) is 10.3 Å². The third-order valence-corrected chi connectivity index (χ3v) is 3.81. The van der Waals surface area contributed by atoms with E-state index in [4.69, 9.17) is 14.2 Å². The lowest BCUT2D eigenvalue weighted by atomic mass is 10.1. The summed E-state index contributed by atoms with van der Waals surface area (Å²) in [4.78, 5) is 4.69. The fraction of sp³-hybridized carbons (Fsp3) is 0.438. The van der Waals surface area contributed by atoms with Crippen molar-refractivity contribution in [1.29, 1.82) is 0 Å². The van der Waals surface area contributed by atoms with Crippen LogP contribution in [0, 0.1) is 0 Å². The van der Waals surface area contributed by atoms with Gasteiger partial charge in [0.15, 0.2) is 0 Å². The fourth-order valence-corrected chi connectivity index (χ4v) is 2.60. The molecule has 1 aromatic carbocycles. The van der Waals surface area contributed by atoms with Crippen LogP contribution in [-0.2, 0) is 6.54 Å². The number of nitrogens with zero attached hydrogens (tertiary/aromatic N) is 1. The zero-order chi connectivity index (χ0) is 14.8. The first kappa shape index (κ1) is 13.9. The van der Waals surface area contributed by atoms with Crippen LogP contribution in [0.3, 0.4) is 0 Å². The number of methoxy groups -OCH3 is 2. The largest absolute Gasteiger partial charge is 0.496 e. The predicted octanol–water partition coefficient (Wildman–Crippen LogP) is 2.51. The van der Waals surface area contributed by atoms with Crippen molar-refractivity contribution in [2.24, 2.45) is 0 Å². The van der Waals surface area contributed by atoms with Crippen molar-refractivity contribution in [3.63, 3.8) is 0 Å². The van der Waals surface area contributed by atoms with Crippen LogP contribution in [-0.4, -0.2) is 31.9 Å². The molecule has 2 aromatic rings. The topological polar surface area (TPSA) is 52.6 Å². The van der Waals surface area contributed by atoms with Gasteiger partial charge < -0.3 is 19.5 Å². The maximum Gasteiger partial charge on any atom is 0.218 e. The molecule has 1 aliphatic heterocycles. The highest BCUT2D eigenvalue weighted by Gasteiger charge is 2.20. The molecule has 0 spiro atoms. The van der Waals surface area contributed by atoms with Gasteiger partial charge in [0.25, 0.3) is 0 Å². The molecule has 1 aliphatic rings. The number of nitrogens with one attached hydrogen (secondary N) is 1. The van der Waals surface area contributed by atoms with E-state index in [0.717, 1.165) is 47.5 Å². The molecule has 0 unspecified atom stereocenters. The van der Waals surface area contributed by atoms with Gasteiger partial charge in [-0.25, -0.2) is 4.98 Å². The number of rotatable bonds is 3. The van der Waals surface area contributed by atoms with Gasteiger partial charge in [-0.3, -0.25) is 0 Å². The predicted molar refractivity (Wildman–Crippen MR) is 81.3 cm³/mol. The van der Waals surface area contributed by atoms with Crippen molar-refractivity contribution in [2.75, 3.05) is 20.8 Å². The Hall–Kier alpha value is -2.01. The van der Waals surface area contributed by atoms with Crippen molar-refractivity contribution in [3.8, 4) is 17.4 Å². The summed E-state index contributed by atoms with van der Waals surface area (Å²) in [6.07, 6.45) is 1.09. The molecule has 112 valence electrons. The van der Waals surface area contributed by atoms with Gasteiger partial charge in [0, 0.05) is 24.0 Å². The molecular weight excluding hydrogens is 268 g/mol. The Morgan fingerprint density at radius 1 is 1.29 bits per heavy atom. The van der Waals surface area contributed by atoms with E-state index in [1.54, 1.807) is 14.2 Å². The van der Waals surface area contributed by atoms with Crippen molar-refractivity contribution < 1.29 is 14.2 Å². The minimum absolute atomic E-state index is 0.146. The van der Waals surface area contributed by atoms with E-state index < -0.39 is 0 Å². The van der Waals surface area contributed by atoms with E-state index in [1.165, 1.54) is 0 Å². The van der Waals surface area contributed by atoms with Crippen LogP contribution < -0.4 is 19.5 Å². The number of fused-ring (bicyclic) bond motifs is 2. The second-order valence-electron chi connectivity index (χ2n) is 5.10. The smallest absolute Gasteiger partial charge is 0.218 e. The molecule has 0 radical (unpaired) electrons. The van der Waals surface area contributed by atoms with Crippen LogP contribution in [0.25, 0.3) is 10.9 Å². The van der Waals surface area contributed by atoms with Gasteiger partial charge in [0.1, 0.15) is 23.1 Å². The van der Waals surface area contributed by atoms with Gasteiger partial charge in [-0.15, -0.1) is 0 Å². The Bertz CT molecular complexity index is 658. The van der Waals surface area contributed by atoms with E-state index in [1.807, 2.05) is 12.1 Å². The van der Waals surface area contributed by atoms with Crippen LogP contribution in [0.2, 0.25) is 0 Å². The van der Waals surface area contributed by atoms with E-state index in [0.29, 0.717) is 5.88 Å². The number of hydrogen-bond acceptors (Lipinski definition) is 5. The van der Waals surface area contributed by atoms with Crippen LogP contribution >= 0.6 is 0 Å². The lowest BCUT2D eigenvalue weighted by Gasteiger charge is -2.16. The second kappa shape index (κ2) is 5.77. The zero-order valence-electron chi connectivity index (χ0n) is 12.6. The first-order valence-electron chi connectivity index (χ1n) is 7.18. The molecular formula is C16H20N2O3. The van der Waals surface area contributed by atoms with E-state index >= 15 is 0 Å². The highest BCUT2D eigenvalue weighted by atomic mass is 16.5. The van der Waals surface area contributed by atoms with E-state index in [2.05, 4.69) is 23.3 Å². The summed E-state index contributed by atoms with van der Waals surface area (Å²) in [6.45, 7) is 3.69. The molecule has 1 N–H and O–H groups in total. The maximum absolute atomic E-state index is 6.02. The molecule has 21 heavy (non-hydrogen) atoms. The SMILES string of the molecule is CC[C@H]1CNCc2cc3c(OC)ccc(OC)c3nc2O1. The Balaban J connectivity index is 2.19. The summed E-state index contributed by atoms with van der Waals surface area (Å²) in [5, 5.41) is 4.34. The minimum Gasteiger partial charge on any atom is -0.496 e. The number of pyridine rings is 1. The van der Waals surface area contributed by atoms with Crippen molar-refractivity contribution >= 4 is 10.9 Å². The van der Waals surface area contributed by atoms with Crippen LogP contribution in [0.4, 0.5) is 0 Å². The van der Waals surface area contributed by atoms with Crippen molar-refractivity contribution in [3.05, 3.63) is 23.8 Å². The molecule has 1 atom stereocenters. The van der Waals surface area contributed by atoms with Gasteiger partial charge in [-0.1, -0.05) is 6.92 Å². The minimum atomic E-state index is 0.146. The Kier molecular flexibility index (Phi) is 3.84. The molecule has 5 heteroatoms. The third kappa shape index (κ3) is 2.49. The summed E-state index contributed by atoms with van der Waals surface area (Å²) >= 11 is 0. The Morgan fingerprint density at radius 3 is 2.76 bits per heavy atom. The zero-order valence-corrected chi connectivity index (χ0v) is 12.6. The normalized spacial score (nSPS) is 17.8. The lowest BCUT2D eigenvalue weighted by molar-refractivity contribution is 0.194. The average Bonchev–Trinajstić information content (AvgIpc) is 2.73. The summed E-state index contributed by atoms with van der Waals surface area (Å²) in [7, 11) is 3.31. The summed E-state index contributed by atoms with van der Waals surface area (Å²) in [5.41, 5.74) is 1.82. The third-order valence-electron chi connectivity index (χ3n) is 3.81. The van der Waals surface area contributed by atoms with E-state index in [9.17, 15) is 0 Å². The molecule has 0 saturated carbocycles. The highest BCUT2D eigenvalue weighted by Crippen LogP contribution is 2.35. The van der Waals surface area contributed by atoms with Gasteiger partial charge in [0.05, 0.1) is 14.2 Å². The molecule has 0 bridgehead atoms. The molecule has 3 rings (SSSR count). The molecule has 5 nitrogen and oxygen atoms in total. The van der Waals surface area contributed by atoms with Crippen LogP contribution in [0.5, 0.6) is 17.4 Å². The standard InChI is InChI=1S/C16H20N2O3/c1-4-11-9-17-8-10-7-12-13(19-2)5-6-14(20-3)15(12)18-16(10)21-11/h5-7,11,17H,4,8-9H2,1-3H3/t11-/m0/s1. The number of hydrogen-bond donors (Lipinski definition) is 1. The molecule has 0 amide bonds. The van der Waals surface area contributed by atoms with Crippen LogP contribution in [0.1, 0.15) is 18.9 Å². The monoisotopic (exact) mass is 288 g/mol. The molecule has 0 saturated heterocycles. The molecule has 2 heterocycles. The molecule has 1 aromatic heterocycles. The molecule has 0 fully saturated rings. The average molecular weight is 288 g/mol. The van der Waals surface area contributed by atoms with Crippen molar-refractivity contribution in [2.45, 2.75) is 26.0 Å². The van der Waals surface area contributed by atoms with Gasteiger partial charge in [-0.05, 0) is 24.6 Å². The van der Waals surface area contributed by atoms with Gasteiger partial charge in [-0.2, -0.15) is 0 Å². The second-order valence-corrected chi connectivity index (χ2v) is 5.10.